The van der Waals surface area contributed by atoms with Crippen molar-refractivity contribution in [1.82, 2.24) is 9.38 Å². The number of hydrogen-bond acceptors (Lipinski definition) is 2. The number of benzene rings is 2. The number of halogens is 3. The highest BCUT2D eigenvalue weighted by atomic mass is 19.4. The van der Waals surface area contributed by atoms with Gasteiger partial charge >= 0.3 is 6.18 Å². The number of aromatic nitrogens is 2. The number of aryl methyl sites for hydroxylation is 3. The van der Waals surface area contributed by atoms with E-state index in [0.29, 0.717) is 11.4 Å². The molecule has 2 aromatic carbocycles. The zero-order chi connectivity index (χ0) is 23.0. The third-order valence-electron chi connectivity index (χ3n) is 5.55. The van der Waals surface area contributed by atoms with E-state index in [4.69, 9.17) is 4.98 Å². The Morgan fingerprint density at radius 1 is 0.969 bits per heavy atom. The first-order valence-corrected chi connectivity index (χ1v) is 10.1. The number of nitrogens with zero attached hydrogens (tertiary/aromatic N) is 2. The van der Waals surface area contributed by atoms with Crippen LogP contribution in [0.3, 0.4) is 0 Å². The van der Waals surface area contributed by atoms with Crippen LogP contribution in [0.25, 0.3) is 16.9 Å². The van der Waals surface area contributed by atoms with Crippen molar-refractivity contribution in [2.75, 3.05) is 5.32 Å². The van der Waals surface area contributed by atoms with Crippen molar-refractivity contribution in [1.29, 1.82) is 0 Å². The molecule has 0 aliphatic heterocycles. The van der Waals surface area contributed by atoms with Crippen LogP contribution in [0.4, 0.5) is 18.9 Å². The number of anilines is 1. The first-order chi connectivity index (χ1) is 15.1. The Morgan fingerprint density at radius 3 is 2.34 bits per heavy atom. The number of hydrogen-bond donors (Lipinski definition) is 1. The summed E-state index contributed by atoms with van der Waals surface area (Å²) in [5.41, 5.74) is 5.91. The Bertz CT molecular complexity index is 1300. The van der Waals surface area contributed by atoms with E-state index in [1.165, 1.54) is 12.1 Å². The quantitative estimate of drug-likeness (QED) is 0.418. The molecule has 0 fully saturated rings. The molecule has 1 amide bonds. The molecule has 2 aromatic heterocycles. The third kappa shape index (κ3) is 4.23. The van der Waals surface area contributed by atoms with Crippen LogP contribution in [0, 0.1) is 20.8 Å². The van der Waals surface area contributed by atoms with E-state index in [2.05, 4.69) is 5.32 Å². The fourth-order valence-electron chi connectivity index (χ4n) is 3.64. The lowest BCUT2D eigenvalue weighted by Gasteiger charge is -2.10. The summed E-state index contributed by atoms with van der Waals surface area (Å²) in [6.45, 7) is 6.01. The van der Waals surface area contributed by atoms with Gasteiger partial charge in [0, 0.05) is 17.4 Å². The monoisotopic (exact) mass is 437 g/mol. The zero-order valence-corrected chi connectivity index (χ0v) is 17.9. The summed E-state index contributed by atoms with van der Waals surface area (Å²) >= 11 is 0. The van der Waals surface area contributed by atoms with Crippen LogP contribution in [-0.4, -0.2) is 15.3 Å². The van der Waals surface area contributed by atoms with Crippen molar-refractivity contribution < 1.29 is 18.0 Å². The number of rotatable bonds is 4. The maximum absolute atomic E-state index is 12.8. The van der Waals surface area contributed by atoms with Gasteiger partial charge in [0.15, 0.2) is 0 Å². The van der Waals surface area contributed by atoms with Crippen molar-refractivity contribution in [2.24, 2.45) is 0 Å². The molecule has 4 rings (SSSR count). The maximum Gasteiger partial charge on any atom is 0.416 e. The van der Waals surface area contributed by atoms with Gasteiger partial charge in [0.2, 0.25) is 5.91 Å². The second kappa shape index (κ2) is 8.15. The van der Waals surface area contributed by atoms with Crippen molar-refractivity contribution in [3.05, 3.63) is 88.7 Å². The Balaban J connectivity index is 1.68. The summed E-state index contributed by atoms with van der Waals surface area (Å²) in [6.07, 6.45) is -2.54. The molecule has 0 spiro atoms. The lowest BCUT2D eigenvalue weighted by molar-refractivity contribution is -0.137. The molecule has 0 aliphatic rings. The van der Waals surface area contributed by atoms with Crippen LogP contribution in [0.15, 0.2) is 60.8 Å². The van der Waals surface area contributed by atoms with Gasteiger partial charge in [-0.05, 0) is 73.9 Å². The van der Waals surface area contributed by atoms with E-state index in [-0.39, 0.29) is 12.3 Å². The minimum Gasteiger partial charge on any atom is -0.326 e. The average molecular weight is 437 g/mol. The number of carbonyl (C=O) groups excluding carboxylic acids is 1. The maximum atomic E-state index is 12.8. The van der Waals surface area contributed by atoms with Gasteiger partial charge in [-0.3, -0.25) is 4.79 Å². The molecule has 0 unspecified atom stereocenters. The van der Waals surface area contributed by atoms with Crippen molar-refractivity contribution in [3.63, 3.8) is 0 Å². The predicted molar refractivity (Wildman–Crippen MR) is 119 cm³/mol. The van der Waals surface area contributed by atoms with Gasteiger partial charge in [-0.1, -0.05) is 18.2 Å². The van der Waals surface area contributed by atoms with Crippen molar-refractivity contribution in [3.8, 4) is 11.3 Å². The van der Waals surface area contributed by atoms with Gasteiger partial charge < -0.3 is 9.72 Å². The lowest BCUT2D eigenvalue weighted by atomic mass is 10.0. The van der Waals surface area contributed by atoms with Crippen LogP contribution < -0.4 is 5.32 Å². The Kier molecular flexibility index (Phi) is 5.50. The van der Waals surface area contributed by atoms with Gasteiger partial charge in [-0.2, -0.15) is 13.2 Å². The molecular formula is C25H22F3N3O. The summed E-state index contributed by atoms with van der Waals surface area (Å²) in [7, 11) is 0. The highest BCUT2D eigenvalue weighted by molar-refractivity contribution is 5.93. The van der Waals surface area contributed by atoms with Crippen LogP contribution in [-0.2, 0) is 17.4 Å². The number of pyridine rings is 1. The molecule has 164 valence electrons. The molecule has 4 aromatic rings. The summed E-state index contributed by atoms with van der Waals surface area (Å²) < 4.78 is 40.2. The molecule has 0 atom stereocenters. The molecule has 0 aliphatic carbocycles. The van der Waals surface area contributed by atoms with Crippen LogP contribution in [0.2, 0.25) is 0 Å². The molecule has 2 heterocycles. The number of alkyl halides is 3. The summed E-state index contributed by atoms with van der Waals surface area (Å²) in [5.74, 6) is -0.335. The highest BCUT2D eigenvalue weighted by Crippen LogP contribution is 2.30. The second-order valence-corrected chi connectivity index (χ2v) is 7.89. The van der Waals surface area contributed by atoms with E-state index >= 15 is 0 Å². The largest absolute Gasteiger partial charge is 0.416 e. The topological polar surface area (TPSA) is 46.4 Å². The zero-order valence-electron chi connectivity index (χ0n) is 17.9. The predicted octanol–water partition coefficient (Wildman–Crippen LogP) is 6.13. The number of imidazole rings is 1. The molecule has 4 nitrogen and oxygen atoms in total. The minimum atomic E-state index is -4.42. The third-order valence-corrected chi connectivity index (χ3v) is 5.55. The fourth-order valence-corrected chi connectivity index (χ4v) is 3.64. The number of nitrogens with one attached hydrogen (secondary N) is 1. The van der Waals surface area contributed by atoms with E-state index in [1.807, 2.05) is 61.7 Å². The van der Waals surface area contributed by atoms with Gasteiger partial charge in [-0.15, -0.1) is 0 Å². The SMILES string of the molecule is Cc1ccc(-c2nc3c(C)cccn3c2CC(=O)Nc2ccc(C(F)(F)F)cc2)cc1C. The van der Waals surface area contributed by atoms with Crippen molar-refractivity contribution in [2.45, 2.75) is 33.4 Å². The molecule has 0 saturated carbocycles. The first-order valence-electron chi connectivity index (χ1n) is 10.1. The summed E-state index contributed by atoms with van der Waals surface area (Å²) in [6, 6.07) is 14.3. The fraction of sp³-hybridized carbons (Fsp3) is 0.200. The molecule has 0 radical (unpaired) electrons. The molecule has 0 bridgehead atoms. The van der Waals surface area contributed by atoms with Gasteiger partial charge in [-0.25, -0.2) is 4.98 Å². The first kappa shape index (κ1) is 21.6. The number of amides is 1. The van der Waals surface area contributed by atoms with Gasteiger partial charge in [0.1, 0.15) is 5.65 Å². The second-order valence-electron chi connectivity index (χ2n) is 7.89. The van der Waals surface area contributed by atoms with Gasteiger partial charge in [0.25, 0.3) is 0 Å². The van der Waals surface area contributed by atoms with Crippen LogP contribution >= 0.6 is 0 Å². The van der Waals surface area contributed by atoms with Gasteiger partial charge in [0.05, 0.1) is 23.4 Å². The summed E-state index contributed by atoms with van der Waals surface area (Å²) in [5, 5.41) is 2.69. The molecule has 7 heteroatoms. The normalized spacial score (nSPS) is 11.7. The molecular weight excluding hydrogens is 415 g/mol. The van der Waals surface area contributed by atoms with Crippen LogP contribution in [0.5, 0.6) is 0 Å². The summed E-state index contributed by atoms with van der Waals surface area (Å²) in [4.78, 5) is 17.6. The Labute approximate surface area is 183 Å². The van der Waals surface area contributed by atoms with E-state index in [1.54, 1.807) is 0 Å². The van der Waals surface area contributed by atoms with E-state index in [0.717, 1.165) is 45.7 Å². The lowest BCUT2D eigenvalue weighted by Crippen LogP contribution is -2.16. The average Bonchev–Trinajstić information content (AvgIpc) is 3.09. The molecule has 0 saturated heterocycles. The number of carbonyl (C=O) groups is 1. The smallest absolute Gasteiger partial charge is 0.326 e. The van der Waals surface area contributed by atoms with Crippen LogP contribution in [0.1, 0.15) is 27.9 Å². The standard InChI is InChI=1S/C25H22F3N3O/c1-15-6-7-18(13-17(15)3)23-21(31-12-4-5-16(2)24(31)30-23)14-22(32)29-20-10-8-19(9-11-20)25(26,27)28/h4-13H,14H2,1-3H3,(H,29,32). The number of fused-ring (bicyclic) bond motifs is 1. The van der Waals surface area contributed by atoms with E-state index in [9.17, 15) is 18.0 Å². The minimum absolute atomic E-state index is 0.0217. The Hall–Kier alpha value is -3.61. The molecule has 1 N–H and O–H groups in total. The highest BCUT2D eigenvalue weighted by Gasteiger charge is 2.30. The molecule has 32 heavy (non-hydrogen) atoms. The van der Waals surface area contributed by atoms with E-state index < -0.39 is 11.7 Å². The van der Waals surface area contributed by atoms with Crippen molar-refractivity contribution >= 4 is 17.2 Å². The Morgan fingerprint density at radius 2 is 1.69 bits per heavy atom.